The molecule has 2 aliphatic rings. The SMILES string of the molecule is N#Cc1ccccc1Cc1c(C(F)(F)F)ccc2c1CC[C@@H]2c1ccc2c(c1)OCC2CC(=O)O. The van der Waals surface area contributed by atoms with Crippen LogP contribution in [-0.2, 0) is 23.8 Å². The van der Waals surface area contributed by atoms with E-state index in [-0.39, 0.29) is 30.2 Å². The van der Waals surface area contributed by atoms with Crippen LogP contribution in [0.2, 0.25) is 0 Å². The molecule has 0 bridgehead atoms. The maximum absolute atomic E-state index is 14.0. The summed E-state index contributed by atoms with van der Waals surface area (Å²) in [5.74, 6) is -0.512. The number of aliphatic carboxylic acids is 1. The summed E-state index contributed by atoms with van der Waals surface area (Å²) in [7, 11) is 0. The van der Waals surface area contributed by atoms with Gasteiger partial charge < -0.3 is 9.84 Å². The Morgan fingerprint density at radius 1 is 1.11 bits per heavy atom. The molecule has 0 saturated carbocycles. The van der Waals surface area contributed by atoms with Crippen molar-refractivity contribution in [3.63, 3.8) is 0 Å². The molecule has 7 heteroatoms. The summed E-state index contributed by atoms with van der Waals surface area (Å²) in [6, 6.07) is 17.3. The van der Waals surface area contributed by atoms with Gasteiger partial charge in [0.25, 0.3) is 0 Å². The number of nitrogens with zero attached hydrogens (tertiary/aromatic N) is 1. The number of nitriles is 1. The van der Waals surface area contributed by atoms with Crippen LogP contribution < -0.4 is 4.74 Å². The first kappa shape index (κ1) is 23.0. The van der Waals surface area contributed by atoms with Crippen molar-refractivity contribution >= 4 is 5.97 Å². The lowest BCUT2D eigenvalue weighted by atomic mass is 9.87. The van der Waals surface area contributed by atoms with Gasteiger partial charge in [-0.25, -0.2) is 0 Å². The molecule has 0 amide bonds. The molecule has 3 aromatic carbocycles. The van der Waals surface area contributed by atoms with E-state index in [1.54, 1.807) is 30.3 Å². The van der Waals surface area contributed by atoms with E-state index in [1.165, 1.54) is 0 Å². The third kappa shape index (κ3) is 4.25. The van der Waals surface area contributed by atoms with Crippen molar-refractivity contribution in [1.82, 2.24) is 0 Å². The van der Waals surface area contributed by atoms with E-state index in [2.05, 4.69) is 6.07 Å². The van der Waals surface area contributed by atoms with Crippen molar-refractivity contribution < 1.29 is 27.8 Å². The summed E-state index contributed by atoms with van der Waals surface area (Å²) in [5.41, 5.74) is 3.90. The number of hydrogen-bond donors (Lipinski definition) is 1. The van der Waals surface area contributed by atoms with Crippen molar-refractivity contribution in [2.75, 3.05) is 6.61 Å². The number of carbonyl (C=O) groups is 1. The van der Waals surface area contributed by atoms with Crippen molar-refractivity contribution in [1.29, 1.82) is 5.26 Å². The van der Waals surface area contributed by atoms with Crippen molar-refractivity contribution in [2.24, 2.45) is 0 Å². The summed E-state index contributed by atoms with van der Waals surface area (Å²) in [6.45, 7) is 0.309. The van der Waals surface area contributed by atoms with Gasteiger partial charge in [-0.05, 0) is 65.3 Å². The van der Waals surface area contributed by atoms with Crippen LogP contribution >= 0.6 is 0 Å². The predicted molar refractivity (Wildman–Crippen MR) is 123 cm³/mol. The smallest absolute Gasteiger partial charge is 0.416 e. The highest BCUT2D eigenvalue weighted by Crippen LogP contribution is 2.46. The van der Waals surface area contributed by atoms with Gasteiger partial charge in [0.1, 0.15) is 5.75 Å². The first-order chi connectivity index (χ1) is 16.8. The minimum absolute atomic E-state index is 0.00758. The molecule has 0 aromatic heterocycles. The van der Waals surface area contributed by atoms with E-state index in [0.717, 1.165) is 22.8 Å². The number of carboxylic acid groups (broad SMARTS) is 1. The molecule has 1 aliphatic carbocycles. The Morgan fingerprint density at radius 2 is 1.89 bits per heavy atom. The zero-order valence-electron chi connectivity index (χ0n) is 18.7. The fourth-order valence-corrected chi connectivity index (χ4v) is 5.45. The topological polar surface area (TPSA) is 70.3 Å². The molecular weight excluding hydrogens is 455 g/mol. The van der Waals surface area contributed by atoms with Crippen LogP contribution in [0.3, 0.4) is 0 Å². The maximum Gasteiger partial charge on any atom is 0.416 e. The van der Waals surface area contributed by atoms with Gasteiger partial charge in [0.05, 0.1) is 30.2 Å². The molecule has 0 fully saturated rings. The van der Waals surface area contributed by atoms with Crippen molar-refractivity contribution in [2.45, 2.75) is 43.7 Å². The second-order valence-corrected chi connectivity index (χ2v) is 9.10. The lowest BCUT2D eigenvalue weighted by molar-refractivity contribution is -0.138. The molecule has 0 radical (unpaired) electrons. The molecule has 0 spiro atoms. The third-order valence-electron chi connectivity index (χ3n) is 7.08. The van der Waals surface area contributed by atoms with E-state index in [0.29, 0.717) is 41.9 Å². The van der Waals surface area contributed by atoms with Gasteiger partial charge in [-0.15, -0.1) is 0 Å². The summed E-state index contributed by atoms with van der Waals surface area (Å²) in [4.78, 5) is 11.1. The van der Waals surface area contributed by atoms with Crippen molar-refractivity contribution in [3.05, 3.63) is 99.1 Å². The van der Waals surface area contributed by atoms with Gasteiger partial charge in [-0.2, -0.15) is 18.4 Å². The second-order valence-electron chi connectivity index (χ2n) is 9.10. The van der Waals surface area contributed by atoms with Gasteiger partial charge in [0.15, 0.2) is 0 Å². The van der Waals surface area contributed by atoms with E-state index < -0.39 is 17.7 Å². The highest BCUT2D eigenvalue weighted by molar-refractivity contribution is 5.69. The zero-order valence-corrected chi connectivity index (χ0v) is 18.7. The molecular formula is C28H22F3NO3. The number of benzene rings is 3. The highest BCUT2D eigenvalue weighted by atomic mass is 19.4. The summed E-state index contributed by atoms with van der Waals surface area (Å²) >= 11 is 0. The molecule has 3 aromatic rings. The van der Waals surface area contributed by atoms with Gasteiger partial charge in [-0.1, -0.05) is 36.4 Å². The number of halogens is 3. The molecule has 1 aliphatic heterocycles. The number of rotatable bonds is 5. The number of hydrogen-bond acceptors (Lipinski definition) is 3. The first-order valence-electron chi connectivity index (χ1n) is 11.4. The zero-order chi connectivity index (χ0) is 24.7. The fraction of sp³-hybridized carbons (Fsp3) is 0.286. The van der Waals surface area contributed by atoms with Gasteiger partial charge in [0, 0.05) is 17.4 Å². The largest absolute Gasteiger partial charge is 0.493 e. The summed E-state index contributed by atoms with van der Waals surface area (Å²) in [5, 5.41) is 18.6. The Morgan fingerprint density at radius 3 is 2.63 bits per heavy atom. The average molecular weight is 477 g/mol. The molecule has 1 N–H and O–H groups in total. The molecule has 2 atom stereocenters. The molecule has 5 rings (SSSR count). The average Bonchev–Trinajstić information content (AvgIpc) is 3.42. The minimum atomic E-state index is -4.50. The normalized spacial score (nSPS) is 18.5. The quantitative estimate of drug-likeness (QED) is 0.475. The number of ether oxygens (including phenoxy) is 1. The Balaban J connectivity index is 1.54. The van der Waals surface area contributed by atoms with Crippen LogP contribution in [-0.4, -0.2) is 17.7 Å². The van der Waals surface area contributed by atoms with E-state index in [4.69, 9.17) is 9.84 Å². The standard InChI is InChI=1S/C28H22F3NO3/c29-28(30,31)25-10-9-22-20(17-5-6-21-19(13-27(33)34)15-35-26(21)12-17)7-8-23(22)24(25)11-16-3-1-2-4-18(16)14-32/h1-6,9-10,12,19-20H,7-8,11,13,15H2,(H,33,34)/t19?,20-/m1/s1. The molecule has 178 valence electrons. The van der Waals surface area contributed by atoms with Crippen LogP contribution in [0.5, 0.6) is 5.75 Å². The Bertz CT molecular complexity index is 1360. The molecule has 35 heavy (non-hydrogen) atoms. The minimum Gasteiger partial charge on any atom is -0.493 e. The van der Waals surface area contributed by atoms with Gasteiger partial charge >= 0.3 is 12.1 Å². The van der Waals surface area contributed by atoms with Crippen LogP contribution in [0.15, 0.2) is 54.6 Å². The number of alkyl halides is 3. The number of fused-ring (bicyclic) bond motifs is 2. The molecule has 1 unspecified atom stereocenters. The van der Waals surface area contributed by atoms with Crippen LogP contribution in [0, 0.1) is 11.3 Å². The predicted octanol–water partition coefficient (Wildman–Crippen LogP) is 6.20. The third-order valence-corrected chi connectivity index (χ3v) is 7.08. The Labute approximate surface area is 200 Å². The molecule has 4 nitrogen and oxygen atoms in total. The molecule has 1 heterocycles. The Kier molecular flexibility index (Phi) is 5.76. The van der Waals surface area contributed by atoms with Crippen LogP contribution in [0.1, 0.15) is 69.2 Å². The highest BCUT2D eigenvalue weighted by Gasteiger charge is 2.38. The summed E-state index contributed by atoms with van der Waals surface area (Å²) < 4.78 is 47.7. The fourth-order valence-electron chi connectivity index (χ4n) is 5.45. The van der Waals surface area contributed by atoms with Gasteiger partial charge in [0.2, 0.25) is 0 Å². The maximum atomic E-state index is 14.0. The summed E-state index contributed by atoms with van der Waals surface area (Å²) in [6.07, 6.45) is -3.29. The van der Waals surface area contributed by atoms with E-state index in [1.807, 2.05) is 18.2 Å². The Hall–Kier alpha value is -3.79. The number of carboxylic acids is 1. The van der Waals surface area contributed by atoms with E-state index in [9.17, 15) is 23.2 Å². The monoisotopic (exact) mass is 477 g/mol. The van der Waals surface area contributed by atoms with E-state index >= 15 is 0 Å². The lowest BCUT2D eigenvalue weighted by Crippen LogP contribution is -2.13. The second kappa shape index (κ2) is 8.77. The van der Waals surface area contributed by atoms with Crippen LogP contribution in [0.25, 0.3) is 0 Å². The van der Waals surface area contributed by atoms with Crippen LogP contribution in [0.4, 0.5) is 13.2 Å². The van der Waals surface area contributed by atoms with Crippen molar-refractivity contribution in [3.8, 4) is 11.8 Å². The molecule has 0 saturated heterocycles. The first-order valence-corrected chi connectivity index (χ1v) is 11.4. The van der Waals surface area contributed by atoms with Gasteiger partial charge in [-0.3, -0.25) is 4.79 Å². The lowest BCUT2D eigenvalue weighted by Gasteiger charge is -2.19.